The van der Waals surface area contributed by atoms with Gasteiger partial charge in [0.05, 0.1) is 6.67 Å². The first kappa shape index (κ1) is 11.2. The molecule has 0 bridgehead atoms. The topological polar surface area (TPSA) is 28.2 Å². The Morgan fingerprint density at radius 2 is 2.11 bits per heavy atom. The Balaban J connectivity index is 1.75. The lowest BCUT2D eigenvalue weighted by Gasteiger charge is -2.29. The van der Waals surface area contributed by atoms with Crippen LogP contribution in [-0.4, -0.2) is 16.6 Å². The monoisotopic (exact) mass is 243 g/mol. The maximum absolute atomic E-state index is 13.6. The van der Waals surface area contributed by atoms with E-state index in [1.807, 2.05) is 24.3 Å². The third-order valence-electron chi connectivity index (χ3n) is 3.11. The van der Waals surface area contributed by atoms with E-state index in [-0.39, 0.29) is 5.82 Å². The van der Waals surface area contributed by atoms with E-state index in [2.05, 4.69) is 15.2 Å². The molecule has 0 radical (unpaired) electrons. The Morgan fingerprint density at radius 3 is 3.00 bits per heavy atom. The molecular formula is C14H14FN3. The highest BCUT2D eigenvalue weighted by Crippen LogP contribution is 2.20. The Labute approximate surface area is 105 Å². The van der Waals surface area contributed by atoms with Crippen LogP contribution in [0.15, 0.2) is 42.6 Å². The first-order valence-electron chi connectivity index (χ1n) is 5.96. The van der Waals surface area contributed by atoms with Crippen molar-refractivity contribution in [1.82, 2.24) is 9.88 Å². The van der Waals surface area contributed by atoms with Crippen LogP contribution in [0.25, 0.3) is 0 Å². The molecule has 0 fully saturated rings. The molecule has 0 aliphatic carbocycles. The van der Waals surface area contributed by atoms with Gasteiger partial charge in [-0.1, -0.05) is 24.3 Å². The quantitative estimate of drug-likeness (QED) is 0.878. The van der Waals surface area contributed by atoms with Crippen molar-refractivity contribution in [3.8, 4) is 0 Å². The molecule has 1 aliphatic rings. The fourth-order valence-corrected chi connectivity index (χ4v) is 2.19. The zero-order valence-corrected chi connectivity index (χ0v) is 9.94. The van der Waals surface area contributed by atoms with Crippen LogP contribution < -0.4 is 5.32 Å². The van der Waals surface area contributed by atoms with Gasteiger partial charge in [0.2, 0.25) is 0 Å². The summed E-state index contributed by atoms with van der Waals surface area (Å²) < 4.78 is 13.6. The summed E-state index contributed by atoms with van der Waals surface area (Å²) in [5.74, 6) is 0.789. The van der Waals surface area contributed by atoms with Crippen LogP contribution in [0.2, 0.25) is 0 Å². The van der Waals surface area contributed by atoms with Gasteiger partial charge < -0.3 is 5.32 Å². The Kier molecular flexibility index (Phi) is 2.94. The van der Waals surface area contributed by atoms with Gasteiger partial charge in [0.25, 0.3) is 0 Å². The molecule has 92 valence electrons. The van der Waals surface area contributed by atoms with Crippen molar-refractivity contribution >= 4 is 5.82 Å². The molecule has 4 heteroatoms. The van der Waals surface area contributed by atoms with Gasteiger partial charge >= 0.3 is 0 Å². The van der Waals surface area contributed by atoms with Crippen LogP contribution >= 0.6 is 0 Å². The van der Waals surface area contributed by atoms with E-state index in [0.29, 0.717) is 13.2 Å². The second-order valence-corrected chi connectivity index (χ2v) is 4.42. The molecule has 0 amide bonds. The molecule has 1 aromatic heterocycles. The highest BCUT2D eigenvalue weighted by atomic mass is 19.1. The average Bonchev–Trinajstić information content (AvgIpc) is 2.41. The van der Waals surface area contributed by atoms with Gasteiger partial charge in [-0.2, -0.15) is 0 Å². The summed E-state index contributed by atoms with van der Waals surface area (Å²) in [4.78, 5) is 6.42. The van der Waals surface area contributed by atoms with Crippen molar-refractivity contribution in [3.05, 3.63) is 59.5 Å². The van der Waals surface area contributed by atoms with E-state index < -0.39 is 0 Å². The lowest BCUT2D eigenvalue weighted by atomic mass is 10.1. The van der Waals surface area contributed by atoms with Crippen LogP contribution in [0.1, 0.15) is 11.1 Å². The summed E-state index contributed by atoms with van der Waals surface area (Å²) in [5.41, 5.74) is 1.88. The fourth-order valence-electron chi connectivity index (χ4n) is 2.19. The average molecular weight is 243 g/mol. The summed E-state index contributed by atoms with van der Waals surface area (Å²) in [6.45, 7) is 2.09. The minimum atomic E-state index is -0.144. The molecule has 0 atom stereocenters. The highest BCUT2D eigenvalue weighted by molar-refractivity contribution is 5.45. The molecule has 0 saturated carbocycles. The van der Waals surface area contributed by atoms with E-state index in [9.17, 15) is 4.39 Å². The number of aromatic nitrogens is 1. The van der Waals surface area contributed by atoms with E-state index in [1.165, 1.54) is 6.07 Å². The molecule has 0 saturated heterocycles. The summed E-state index contributed by atoms with van der Waals surface area (Å²) in [5, 5.41) is 3.24. The first-order chi connectivity index (χ1) is 8.83. The van der Waals surface area contributed by atoms with Gasteiger partial charge in [0.1, 0.15) is 11.6 Å². The van der Waals surface area contributed by atoms with Crippen molar-refractivity contribution in [3.63, 3.8) is 0 Å². The van der Waals surface area contributed by atoms with E-state index in [4.69, 9.17) is 0 Å². The number of rotatable bonds is 2. The number of nitrogens with zero attached hydrogens (tertiary/aromatic N) is 2. The predicted molar refractivity (Wildman–Crippen MR) is 68.4 cm³/mol. The van der Waals surface area contributed by atoms with E-state index in [1.54, 1.807) is 12.3 Å². The maximum Gasteiger partial charge on any atom is 0.131 e. The number of hydrogen-bond donors (Lipinski definition) is 1. The largest absolute Gasteiger partial charge is 0.357 e. The molecule has 18 heavy (non-hydrogen) atoms. The van der Waals surface area contributed by atoms with Gasteiger partial charge in [0.15, 0.2) is 0 Å². The molecule has 1 aliphatic heterocycles. The highest BCUT2D eigenvalue weighted by Gasteiger charge is 2.16. The van der Waals surface area contributed by atoms with Crippen LogP contribution in [0.4, 0.5) is 10.2 Å². The van der Waals surface area contributed by atoms with Gasteiger partial charge in [-0.25, -0.2) is 9.37 Å². The molecule has 1 aromatic carbocycles. The zero-order valence-electron chi connectivity index (χ0n) is 9.94. The number of pyridine rings is 1. The van der Waals surface area contributed by atoms with Crippen LogP contribution in [0.5, 0.6) is 0 Å². The number of halogens is 1. The standard InChI is InChI=1S/C14H14FN3/c15-13-6-2-1-4-11(13)8-18-9-12-5-3-7-16-14(12)17-10-18/h1-7H,8-10H2,(H,16,17). The SMILES string of the molecule is Fc1ccccc1CN1CNc2ncccc2C1. The third-order valence-corrected chi connectivity index (χ3v) is 3.11. The minimum absolute atomic E-state index is 0.144. The Bertz CT molecular complexity index is 556. The Hall–Kier alpha value is -1.94. The molecule has 2 aromatic rings. The van der Waals surface area contributed by atoms with Crippen molar-refractivity contribution in [1.29, 1.82) is 0 Å². The second-order valence-electron chi connectivity index (χ2n) is 4.42. The maximum atomic E-state index is 13.6. The molecule has 2 heterocycles. The number of nitrogens with one attached hydrogen (secondary N) is 1. The predicted octanol–water partition coefficient (Wildman–Crippen LogP) is 2.61. The first-order valence-corrected chi connectivity index (χ1v) is 5.96. The minimum Gasteiger partial charge on any atom is -0.357 e. The summed E-state index contributed by atoms with van der Waals surface area (Å²) in [7, 11) is 0. The molecule has 3 rings (SSSR count). The zero-order chi connectivity index (χ0) is 12.4. The van der Waals surface area contributed by atoms with Gasteiger partial charge in [-0.05, 0) is 12.1 Å². The molecule has 0 unspecified atom stereocenters. The second kappa shape index (κ2) is 4.74. The summed E-state index contributed by atoms with van der Waals surface area (Å²) in [6.07, 6.45) is 1.78. The summed E-state index contributed by atoms with van der Waals surface area (Å²) >= 11 is 0. The normalized spacial score (nSPS) is 14.9. The number of fused-ring (bicyclic) bond motifs is 1. The van der Waals surface area contributed by atoms with E-state index in [0.717, 1.165) is 23.5 Å². The number of hydrogen-bond acceptors (Lipinski definition) is 3. The van der Waals surface area contributed by atoms with Gasteiger partial charge in [0, 0.05) is 30.4 Å². The molecule has 3 nitrogen and oxygen atoms in total. The molecule has 1 N–H and O–H groups in total. The number of anilines is 1. The molecular weight excluding hydrogens is 229 g/mol. The third kappa shape index (κ3) is 2.19. The van der Waals surface area contributed by atoms with Crippen LogP contribution in [0.3, 0.4) is 0 Å². The van der Waals surface area contributed by atoms with Crippen molar-refractivity contribution < 1.29 is 4.39 Å². The van der Waals surface area contributed by atoms with Crippen molar-refractivity contribution in [2.75, 3.05) is 12.0 Å². The van der Waals surface area contributed by atoms with Crippen molar-refractivity contribution in [2.24, 2.45) is 0 Å². The van der Waals surface area contributed by atoms with Crippen molar-refractivity contribution in [2.45, 2.75) is 13.1 Å². The van der Waals surface area contributed by atoms with Crippen LogP contribution in [-0.2, 0) is 13.1 Å². The lowest BCUT2D eigenvalue weighted by Crippen LogP contribution is -2.33. The smallest absolute Gasteiger partial charge is 0.131 e. The van der Waals surface area contributed by atoms with Gasteiger partial charge in [-0.15, -0.1) is 0 Å². The van der Waals surface area contributed by atoms with Gasteiger partial charge in [-0.3, -0.25) is 4.90 Å². The van der Waals surface area contributed by atoms with Crippen LogP contribution in [0, 0.1) is 5.82 Å². The van der Waals surface area contributed by atoms with E-state index >= 15 is 0 Å². The number of benzene rings is 1. The molecule has 0 spiro atoms. The summed E-state index contributed by atoms with van der Waals surface area (Å²) in [6, 6.07) is 10.9. The fraction of sp³-hybridized carbons (Fsp3) is 0.214. The lowest BCUT2D eigenvalue weighted by molar-refractivity contribution is 0.262. The Morgan fingerprint density at radius 1 is 1.22 bits per heavy atom.